The maximum absolute atomic E-state index is 5.59. The summed E-state index contributed by atoms with van der Waals surface area (Å²) in [4.78, 5) is 5.78. The fourth-order valence-corrected chi connectivity index (χ4v) is 2.75. The Kier molecular flexibility index (Phi) is 3.61. The number of thiazole rings is 1. The van der Waals surface area contributed by atoms with Crippen LogP contribution in [0.4, 0.5) is 0 Å². The summed E-state index contributed by atoms with van der Waals surface area (Å²) in [7, 11) is 0. The number of hydrogen-bond acceptors (Lipinski definition) is 5. The van der Waals surface area contributed by atoms with Gasteiger partial charge in [-0.3, -0.25) is 5.84 Å². The van der Waals surface area contributed by atoms with Crippen LogP contribution in [0, 0.1) is 20.8 Å². The summed E-state index contributed by atoms with van der Waals surface area (Å²) in [6.07, 6.45) is 2.44. The predicted molar refractivity (Wildman–Crippen MR) is 68.8 cm³/mol. The monoisotopic (exact) mass is 251 g/mol. The van der Waals surface area contributed by atoms with E-state index in [1.165, 1.54) is 4.88 Å². The molecule has 2 aromatic heterocycles. The highest BCUT2D eigenvalue weighted by atomic mass is 32.1. The molecule has 0 saturated carbocycles. The average Bonchev–Trinajstić information content (AvgIpc) is 2.83. The van der Waals surface area contributed by atoms with E-state index in [4.69, 9.17) is 10.3 Å². The zero-order valence-corrected chi connectivity index (χ0v) is 11.1. The van der Waals surface area contributed by atoms with Gasteiger partial charge in [0.2, 0.25) is 0 Å². The van der Waals surface area contributed by atoms with Crippen molar-refractivity contribution in [1.29, 1.82) is 0 Å². The van der Waals surface area contributed by atoms with E-state index in [0.717, 1.165) is 28.4 Å². The Bertz CT molecular complexity index is 484. The van der Waals surface area contributed by atoms with Crippen LogP contribution in [-0.4, -0.2) is 4.98 Å². The lowest BCUT2D eigenvalue weighted by atomic mass is 10.1. The van der Waals surface area contributed by atoms with E-state index < -0.39 is 0 Å². The number of hydrazine groups is 1. The first kappa shape index (κ1) is 12.3. The Morgan fingerprint density at radius 1 is 1.47 bits per heavy atom. The zero-order valence-electron chi connectivity index (χ0n) is 10.3. The fourth-order valence-electron chi connectivity index (χ4n) is 1.77. The van der Waals surface area contributed by atoms with Crippen LogP contribution >= 0.6 is 11.3 Å². The highest BCUT2D eigenvalue weighted by Crippen LogP contribution is 2.25. The Balaban J connectivity index is 2.18. The molecule has 0 saturated heterocycles. The standard InChI is InChI=1S/C12H17N3OS/c1-7-4-5-16-12(7)10(15-13)6-11-14-8(2)9(3)17-11/h4-5,10,15H,6,13H2,1-3H3. The quantitative estimate of drug-likeness (QED) is 0.647. The summed E-state index contributed by atoms with van der Waals surface area (Å²) in [5, 5.41) is 1.08. The van der Waals surface area contributed by atoms with Crippen molar-refractivity contribution >= 4 is 11.3 Å². The highest BCUT2D eigenvalue weighted by Gasteiger charge is 2.18. The van der Waals surface area contributed by atoms with Crippen molar-refractivity contribution in [2.45, 2.75) is 33.2 Å². The van der Waals surface area contributed by atoms with Crippen molar-refractivity contribution in [1.82, 2.24) is 10.4 Å². The first-order valence-electron chi connectivity index (χ1n) is 5.55. The van der Waals surface area contributed by atoms with Crippen molar-refractivity contribution < 1.29 is 4.42 Å². The van der Waals surface area contributed by atoms with Gasteiger partial charge in [-0.2, -0.15) is 0 Å². The van der Waals surface area contributed by atoms with Gasteiger partial charge >= 0.3 is 0 Å². The van der Waals surface area contributed by atoms with Crippen molar-refractivity contribution in [3.8, 4) is 0 Å². The fraction of sp³-hybridized carbons (Fsp3) is 0.417. The van der Waals surface area contributed by atoms with Gasteiger partial charge in [-0.05, 0) is 32.4 Å². The van der Waals surface area contributed by atoms with Crippen LogP contribution in [0.5, 0.6) is 0 Å². The van der Waals surface area contributed by atoms with Crippen LogP contribution < -0.4 is 11.3 Å². The predicted octanol–water partition coefficient (Wildman–Crippen LogP) is 2.41. The smallest absolute Gasteiger partial charge is 0.125 e. The minimum Gasteiger partial charge on any atom is -0.467 e. The molecule has 0 aliphatic rings. The average molecular weight is 251 g/mol. The largest absolute Gasteiger partial charge is 0.467 e. The third-order valence-electron chi connectivity index (χ3n) is 2.87. The van der Waals surface area contributed by atoms with E-state index in [-0.39, 0.29) is 6.04 Å². The third-order valence-corrected chi connectivity index (χ3v) is 3.97. The number of aryl methyl sites for hydroxylation is 3. The lowest BCUT2D eigenvalue weighted by Gasteiger charge is -2.12. The molecule has 0 amide bonds. The van der Waals surface area contributed by atoms with E-state index in [1.807, 2.05) is 19.9 Å². The summed E-state index contributed by atoms with van der Waals surface area (Å²) in [5.41, 5.74) is 5.00. The Hall–Kier alpha value is -1.17. The van der Waals surface area contributed by atoms with Gasteiger partial charge in [0.15, 0.2) is 0 Å². The van der Waals surface area contributed by atoms with Crippen molar-refractivity contribution in [3.63, 3.8) is 0 Å². The molecule has 0 spiro atoms. The Morgan fingerprint density at radius 2 is 2.24 bits per heavy atom. The summed E-state index contributed by atoms with van der Waals surface area (Å²) in [6.45, 7) is 6.12. The molecule has 2 rings (SSSR count). The molecular formula is C12H17N3OS. The number of furan rings is 1. The summed E-state index contributed by atoms with van der Waals surface area (Å²) >= 11 is 1.71. The van der Waals surface area contributed by atoms with Gasteiger partial charge in [0.1, 0.15) is 5.76 Å². The number of rotatable bonds is 4. The molecule has 0 radical (unpaired) electrons. The van der Waals surface area contributed by atoms with Gasteiger partial charge in [0.25, 0.3) is 0 Å². The molecule has 1 unspecified atom stereocenters. The molecule has 17 heavy (non-hydrogen) atoms. The van der Waals surface area contributed by atoms with E-state index in [2.05, 4.69) is 17.3 Å². The second-order valence-corrected chi connectivity index (χ2v) is 5.43. The summed E-state index contributed by atoms with van der Waals surface area (Å²) in [6, 6.07) is 1.92. The van der Waals surface area contributed by atoms with Crippen LogP contribution in [0.2, 0.25) is 0 Å². The molecule has 2 aromatic rings. The van der Waals surface area contributed by atoms with Crippen LogP contribution in [-0.2, 0) is 6.42 Å². The maximum atomic E-state index is 5.59. The van der Waals surface area contributed by atoms with Crippen LogP contribution in [0.1, 0.15) is 32.9 Å². The molecule has 2 heterocycles. The number of aromatic nitrogens is 1. The normalized spacial score (nSPS) is 12.9. The third kappa shape index (κ3) is 2.57. The van der Waals surface area contributed by atoms with Crippen LogP contribution in [0.3, 0.4) is 0 Å². The zero-order chi connectivity index (χ0) is 12.4. The Morgan fingerprint density at radius 3 is 2.71 bits per heavy atom. The number of hydrogen-bond donors (Lipinski definition) is 2. The van der Waals surface area contributed by atoms with E-state index in [0.29, 0.717) is 0 Å². The van der Waals surface area contributed by atoms with Gasteiger partial charge < -0.3 is 4.42 Å². The van der Waals surface area contributed by atoms with E-state index >= 15 is 0 Å². The highest BCUT2D eigenvalue weighted by molar-refractivity contribution is 7.11. The molecule has 0 aromatic carbocycles. The molecular weight excluding hydrogens is 234 g/mol. The lowest BCUT2D eigenvalue weighted by molar-refractivity contribution is 0.413. The number of nitrogens with zero attached hydrogens (tertiary/aromatic N) is 1. The molecule has 0 aliphatic heterocycles. The van der Waals surface area contributed by atoms with E-state index in [9.17, 15) is 0 Å². The molecule has 92 valence electrons. The van der Waals surface area contributed by atoms with Crippen molar-refractivity contribution in [2.24, 2.45) is 5.84 Å². The molecule has 1 atom stereocenters. The second-order valence-electron chi connectivity index (χ2n) is 4.14. The molecule has 5 heteroatoms. The number of nitrogens with one attached hydrogen (secondary N) is 1. The molecule has 0 fully saturated rings. The second kappa shape index (κ2) is 5.00. The topological polar surface area (TPSA) is 64.1 Å². The number of nitrogens with two attached hydrogens (primary N) is 1. The summed E-state index contributed by atoms with van der Waals surface area (Å²) in [5.74, 6) is 6.48. The van der Waals surface area contributed by atoms with Crippen LogP contribution in [0.25, 0.3) is 0 Å². The first-order chi connectivity index (χ1) is 8.11. The van der Waals surface area contributed by atoms with Gasteiger partial charge in [0, 0.05) is 11.3 Å². The van der Waals surface area contributed by atoms with Gasteiger partial charge in [0.05, 0.1) is 23.0 Å². The minimum absolute atomic E-state index is 0.0186. The SMILES string of the molecule is Cc1ccoc1C(Cc1nc(C)c(C)s1)NN. The Labute approximate surface area is 105 Å². The van der Waals surface area contributed by atoms with Crippen molar-refractivity contribution in [3.05, 3.63) is 39.2 Å². The first-order valence-corrected chi connectivity index (χ1v) is 6.36. The minimum atomic E-state index is -0.0186. The lowest BCUT2D eigenvalue weighted by Crippen LogP contribution is -2.29. The molecule has 4 nitrogen and oxygen atoms in total. The van der Waals surface area contributed by atoms with Crippen LogP contribution in [0.15, 0.2) is 16.7 Å². The van der Waals surface area contributed by atoms with Gasteiger partial charge in [-0.1, -0.05) is 0 Å². The van der Waals surface area contributed by atoms with Gasteiger partial charge in [-0.15, -0.1) is 11.3 Å². The molecule has 3 N–H and O–H groups in total. The summed E-state index contributed by atoms with van der Waals surface area (Å²) < 4.78 is 5.46. The molecule has 0 aliphatic carbocycles. The molecule has 0 bridgehead atoms. The van der Waals surface area contributed by atoms with Gasteiger partial charge in [-0.25, -0.2) is 10.4 Å². The van der Waals surface area contributed by atoms with E-state index in [1.54, 1.807) is 17.6 Å². The maximum Gasteiger partial charge on any atom is 0.125 e. The van der Waals surface area contributed by atoms with Crippen molar-refractivity contribution in [2.75, 3.05) is 0 Å².